The van der Waals surface area contributed by atoms with E-state index in [4.69, 9.17) is 25.8 Å². The third-order valence-corrected chi connectivity index (χ3v) is 2.46. The number of aliphatic hydroxyl groups excluding tert-OH is 1. The van der Waals surface area contributed by atoms with Crippen LogP contribution in [0.15, 0.2) is 11.6 Å². The molecule has 2 saturated heterocycles. The van der Waals surface area contributed by atoms with Crippen LogP contribution in [-0.2, 0) is 14.2 Å². The van der Waals surface area contributed by atoms with Crippen LogP contribution in [0.2, 0.25) is 0 Å². The second-order valence-electron chi connectivity index (χ2n) is 3.88. The molecule has 0 spiro atoms. The minimum absolute atomic E-state index is 0.428. The summed E-state index contributed by atoms with van der Waals surface area (Å²) in [5, 5.41) is 9.78. The molecule has 0 aromatic carbocycles. The van der Waals surface area contributed by atoms with Crippen LogP contribution in [0.25, 0.3) is 0 Å². The van der Waals surface area contributed by atoms with Crippen molar-refractivity contribution in [1.82, 2.24) is 0 Å². The van der Waals surface area contributed by atoms with Gasteiger partial charge < -0.3 is 19.3 Å². The van der Waals surface area contributed by atoms with Gasteiger partial charge in [-0.05, 0) is 19.9 Å². The van der Waals surface area contributed by atoms with Crippen LogP contribution in [0.4, 0.5) is 0 Å². The second-order valence-corrected chi connectivity index (χ2v) is 4.13. The van der Waals surface area contributed by atoms with Gasteiger partial charge in [0, 0.05) is 5.54 Å². The van der Waals surface area contributed by atoms with Crippen molar-refractivity contribution in [3.8, 4) is 0 Å². The molecule has 80 valence electrons. The Morgan fingerprint density at radius 1 is 1.36 bits per heavy atom. The lowest BCUT2D eigenvalue weighted by Crippen LogP contribution is -2.33. The monoisotopic (exact) mass is 220 g/mol. The van der Waals surface area contributed by atoms with Crippen LogP contribution >= 0.6 is 11.6 Å². The van der Waals surface area contributed by atoms with E-state index in [1.165, 1.54) is 5.54 Å². The third-order valence-electron chi connectivity index (χ3n) is 2.31. The van der Waals surface area contributed by atoms with Gasteiger partial charge in [0.15, 0.2) is 12.1 Å². The molecule has 4 nitrogen and oxygen atoms in total. The van der Waals surface area contributed by atoms with Crippen molar-refractivity contribution in [2.24, 2.45) is 0 Å². The van der Waals surface area contributed by atoms with Crippen molar-refractivity contribution in [3.63, 3.8) is 0 Å². The zero-order chi connectivity index (χ0) is 10.3. The summed E-state index contributed by atoms with van der Waals surface area (Å²) >= 11 is 5.41. The summed E-state index contributed by atoms with van der Waals surface area (Å²) in [4.78, 5) is 0. The average molecular weight is 221 g/mol. The number of rotatable bonds is 1. The fourth-order valence-corrected chi connectivity index (χ4v) is 1.89. The third kappa shape index (κ3) is 1.68. The summed E-state index contributed by atoms with van der Waals surface area (Å²) in [6, 6.07) is 0. The number of fused-ring (bicyclic) bond motifs is 1. The van der Waals surface area contributed by atoms with E-state index < -0.39 is 30.4 Å². The molecule has 14 heavy (non-hydrogen) atoms. The van der Waals surface area contributed by atoms with Gasteiger partial charge in [0.2, 0.25) is 0 Å². The van der Waals surface area contributed by atoms with Gasteiger partial charge in [0.25, 0.3) is 0 Å². The number of hydrogen-bond acceptors (Lipinski definition) is 4. The summed E-state index contributed by atoms with van der Waals surface area (Å²) in [6.07, 6.45) is -0.527. The quantitative estimate of drug-likeness (QED) is 0.716. The smallest absolute Gasteiger partial charge is 0.190 e. The summed E-state index contributed by atoms with van der Waals surface area (Å²) in [6.45, 7) is 3.57. The Kier molecular flexibility index (Phi) is 2.57. The molecule has 0 radical (unpaired) electrons. The topological polar surface area (TPSA) is 47.9 Å². The minimum atomic E-state index is -0.725. The molecule has 2 aliphatic rings. The molecular formula is C9H13ClO4. The first-order valence-electron chi connectivity index (χ1n) is 4.49. The van der Waals surface area contributed by atoms with Gasteiger partial charge in [0.1, 0.15) is 18.3 Å². The van der Waals surface area contributed by atoms with Crippen LogP contribution in [0, 0.1) is 0 Å². The lowest BCUT2D eigenvalue weighted by atomic mass is 10.1. The molecule has 0 aliphatic carbocycles. The molecule has 0 amide bonds. The van der Waals surface area contributed by atoms with E-state index in [1.807, 2.05) is 0 Å². The van der Waals surface area contributed by atoms with Crippen molar-refractivity contribution in [3.05, 3.63) is 11.6 Å². The van der Waals surface area contributed by atoms with Crippen LogP contribution in [0.1, 0.15) is 13.8 Å². The van der Waals surface area contributed by atoms with Gasteiger partial charge in [0.05, 0.1) is 0 Å². The van der Waals surface area contributed by atoms with Gasteiger partial charge in [-0.15, -0.1) is 0 Å². The first-order chi connectivity index (χ1) is 6.53. The molecule has 0 aromatic rings. The summed E-state index contributed by atoms with van der Waals surface area (Å²) < 4.78 is 16.3. The van der Waals surface area contributed by atoms with E-state index in [9.17, 15) is 5.11 Å². The number of aliphatic hydroxyl groups is 1. The maximum atomic E-state index is 9.78. The normalized spacial score (nSPS) is 46.0. The van der Waals surface area contributed by atoms with Crippen LogP contribution in [0.5, 0.6) is 0 Å². The zero-order valence-electron chi connectivity index (χ0n) is 8.01. The standard InChI is InChI=1S/C9H13ClO4/c1-9(2)13-7-6(11)5(3-4-10)12-8(7)14-9/h3-8,11H,1-2H3/b4-3+/t5-,6+,7-,8-/m0/s1. The molecular weight excluding hydrogens is 208 g/mol. The van der Waals surface area contributed by atoms with Crippen molar-refractivity contribution in [1.29, 1.82) is 0 Å². The van der Waals surface area contributed by atoms with Gasteiger partial charge in [-0.25, -0.2) is 0 Å². The van der Waals surface area contributed by atoms with Gasteiger partial charge in [-0.1, -0.05) is 11.6 Å². The first kappa shape index (κ1) is 10.4. The predicted octanol–water partition coefficient (Wildman–Crippen LogP) is 0.976. The van der Waals surface area contributed by atoms with Gasteiger partial charge in [-0.2, -0.15) is 0 Å². The Labute approximate surface area is 87.4 Å². The van der Waals surface area contributed by atoms with E-state index in [0.29, 0.717) is 0 Å². The Morgan fingerprint density at radius 3 is 2.64 bits per heavy atom. The fourth-order valence-electron chi connectivity index (χ4n) is 1.75. The molecule has 0 saturated carbocycles. The molecule has 2 aliphatic heterocycles. The molecule has 4 atom stereocenters. The van der Waals surface area contributed by atoms with Gasteiger partial charge in [-0.3, -0.25) is 0 Å². The Balaban J connectivity index is 2.07. The molecule has 0 unspecified atom stereocenters. The van der Waals surface area contributed by atoms with Crippen LogP contribution in [0.3, 0.4) is 0 Å². The van der Waals surface area contributed by atoms with Crippen LogP contribution < -0.4 is 0 Å². The number of ether oxygens (including phenoxy) is 3. The SMILES string of the molecule is CC1(C)O[C@@H]2O[C@@H](/C=C/Cl)[C@@H](O)[C@@H]2O1. The lowest BCUT2D eigenvalue weighted by Gasteiger charge is -2.21. The van der Waals surface area contributed by atoms with Crippen molar-refractivity contribution < 1.29 is 19.3 Å². The molecule has 0 bridgehead atoms. The highest BCUT2D eigenvalue weighted by Crippen LogP contribution is 2.37. The maximum Gasteiger partial charge on any atom is 0.190 e. The molecule has 2 heterocycles. The Morgan fingerprint density at radius 2 is 2.07 bits per heavy atom. The van der Waals surface area contributed by atoms with E-state index in [-0.39, 0.29) is 0 Å². The molecule has 0 aromatic heterocycles. The van der Waals surface area contributed by atoms with Crippen LogP contribution in [-0.4, -0.2) is 35.5 Å². The van der Waals surface area contributed by atoms with E-state index in [2.05, 4.69) is 0 Å². The second kappa shape index (κ2) is 3.47. The highest BCUT2D eigenvalue weighted by molar-refractivity contribution is 6.25. The molecule has 5 heteroatoms. The summed E-state index contributed by atoms with van der Waals surface area (Å²) in [5.41, 5.74) is 1.32. The Bertz CT molecular complexity index is 253. The van der Waals surface area contributed by atoms with E-state index >= 15 is 0 Å². The van der Waals surface area contributed by atoms with E-state index in [0.717, 1.165) is 0 Å². The summed E-state index contributed by atoms with van der Waals surface area (Å²) in [7, 11) is 0. The highest BCUT2D eigenvalue weighted by Gasteiger charge is 2.53. The lowest BCUT2D eigenvalue weighted by molar-refractivity contribution is -0.209. The van der Waals surface area contributed by atoms with Crippen molar-refractivity contribution in [2.75, 3.05) is 0 Å². The van der Waals surface area contributed by atoms with E-state index in [1.54, 1.807) is 19.9 Å². The Hall–Kier alpha value is -0.130. The maximum absolute atomic E-state index is 9.78. The summed E-state index contributed by atoms with van der Waals surface area (Å²) in [5.74, 6) is -0.689. The number of hydrogen-bond donors (Lipinski definition) is 1. The predicted molar refractivity (Wildman–Crippen MR) is 49.7 cm³/mol. The largest absolute Gasteiger partial charge is 0.387 e. The van der Waals surface area contributed by atoms with Gasteiger partial charge >= 0.3 is 0 Å². The number of halogens is 1. The highest BCUT2D eigenvalue weighted by atomic mass is 35.5. The average Bonchev–Trinajstić information content (AvgIpc) is 2.50. The fraction of sp³-hybridized carbons (Fsp3) is 0.778. The minimum Gasteiger partial charge on any atom is -0.387 e. The molecule has 2 fully saturated rings. The molecule has 1 N–H and O–H groups in total. The zero-order valence-corrected chi connectivity index (χ0v) is 8.77. The van der Waals surface area contributed by atoms with Crippen molar-refractivity contribution in [2.45, 2.75) is 44.2 Å². The first-order valence-corrected chi connectivity index (χ1v) is 4.93. The molecule has 2 rings (SSSR count). The van der Waals surface area contributed by atoms with Crippen molar-refractivity contribution >= 4 is 11.6 Å².